The molecule has 0 aromatic heterocycles. The highest BCUT2D eigenvalue weighted by atomic mass is 16.6. The zero-order valence-corrected chi connectivity index (χ0v) is 11.1. The van der Waals surface area contributed by atoms with Crippen LogP contribution in [0.2, 0.25) is 0 Å². The number of methoxy groups -OCH3 is 1. The van der Waals surface area contributed by atoms with Gasteiger partial charge in [-0.25, -0.2) is 9.59 Å². The van der Waals surface area contributed by atoms with Gasteiger partial charge < -0.3 is 9.47 Å². The minimum absolute atomic E-state index is 0.421. The van der Waals surface area contributed by atoms with E-state index in [-0.39, 0.29) is 0 Å². The van der Waals surface area contributed by atoms with E-state index < -0.39 is 29.7 Å². The van der Waals surface area contributed by atoms with Gasteiger partial charge >= 0.3 is 12.1 Å². The van der Waals surface area contributed by atoms with Gasteiger partial charge in [0.15, 0.2) is 0 Å². The Kier molecular flexibility index (Phi) is 4.17. The molecule has 6 nitrogen and oxygen atoms in total. The second-order valence-electron chi connectivity index (χ2n) is 5.15. The van der Waals surface area contributed by atoms with Crippen LogP contribution in [-0.4, -0.2) is 41.8 Å². The minimum atomic E-state index is -0.727. The molecule has 1 aliphatic rings. The molecular weight excluding hydrogens is 236 g/mol. The average Bonchev–Trinajstić information content (AvgIpc) is 2.69. The molecule has 0 aromatic rings. The number of hydrogen-bond donors (Lipinski definition) is 0. The first-order chi connectivity index (χ1) is 8.30. The summed E-state index contributed by atoms with van der Waals surface area (Å²) in [6.45, 7) is 5.19. The summed E-state index contributed by atoms with van der Waals surface area (Å²) in [5.41, 5.74) is -0.666. The van der Waals surface area contributed by atoms with Crippen LogP contribution in [0.3, 0.4) is 0 Å². The van der Waals surface area contributed by atoms with Crippen LogP contribution in [0, 0.1) is 11.3 Å². The van der Waals surface area contributed by atoms with E-state index >= 15 is 0 Å². The van der Waals surface area contributed by atoms with Crippen molar-refractivity contribution in [1.29, 1.82) is 5.26 Å². The standard InChI is InChI=1S/C12H18N2O4/c1-12(2,3)18-11(16)14-8(7-13)5-6-9(14)10(15)17-4/h8-9H,5-6H2,1-4H3. The van der Waals surface area contributed by atoms with E-state index in [0.717, 1.165) is 0 Å². The molecule has 1 aliphatic heterocycles. The molecule has 1 heterocycles. The lowest BCUT2D eigenvalue weighted by Gasteiger charge is -2.29. The summed E-state index contributed by atoms with van der Waals surface area (Å²) >= 11 is 0. The van der Waals surface area contributed by atoms with Gasteiger partial charge in [-0.1, -0.05) is 0 Å². The van der Waals surface area contributed by atoms with Gasteiger partial charge in [-0.3, -0.25) is 4.90 Å². The number of ether oxygens (including phenoxy) is 2. The third-order valence-corrected chi connectivity index (χ3v) is 2.61. The van der Waals surface area contributed by atoms with Gasteiger partial charge in [0.2, 0.25) is 0 Å². The Balaban J connectivity index is 2.88. The van der Waals surface area contributed by atoms with Crippen molar-refractivity contribution >= 4 is 12.1 Å². The molecule has 0 radical (unpaired) electrons. The number of carbonyl (C=O) groups is 2. The second-order valence-corrected chi connectivity index (χ2v) is 5.15. The van der Waals surface area contributed by atoms with E-state index in [1.807, 2.05) is 6.07 Å². The van der Waals surface area contributed by atoms with Crippen LogP contribution >= 0.6 is 0 Å². The van der Waals surface area contributed by atoms with E-state index in [1.54, 1.807) is 20.8 Å². The van der Waals surface area contributed by atoms with Crippen molar-refractivity contribution in [3.05, 3.63) is 0 Å². The average molecular weight is 254 g/mol. The Morgan fingerprint density at radius 2 is 1.94 bits per heavy atom. The van der Waals surface area contributed by atoms with E-state index in [0.29, 0.717) is 12.8 Å². The Morgan fingerprint density at radius 3 is 2.39 bits per heavy atom. The zero-order chi connectivity index (χ0) is 13.9. The third kappa shape index (κ3) is 3.13. The lowest BCUT2D eigenvalue weighted by Crippen LogP contribution is -2.47. The predicted octanol–water partition coefficient (Wildman–Crippen LogP) is 1.45. The van der Waals surface area contributed by atoms with E-state index in [2.05, 4.69) is 4.74 Å². The predicted molar refractivity (Wildman–Crippen MR) is 62.5 cm³/mol. The van der Waals surface area contributed by atoms with Gasteiger partial charge in [-0.15, -0.1) is 0 Å². The topological polar surface area (TPSA) is 79.6 Å². The highest BCUT2D eigenvalue weighted by molar-refractivity contribution is 5.82. The maximum atomic E-state index is 12.0. The van der Waals surface area contributed by atoms with Gasteiger partial charge in [-0.2, -0.15) is 5.26 Å². The minimum Gasteiger partial charge on any atom is -0.467 e. The van der Waals surface area contributed by atoms with Crippen LogP contribution in [0.4, 0.5) is 4.79 Å². The molecule has 0 bridgehead atoms. The molecule has 1 fully saturated rings. The smallest absolute Gasteiger partial charge is 0.412 e. The summed E-state index contributed by atoms with van der Waals surface area (Å²) < 4.78 is 9.85. The van der Waals surface area contributed by atoms with Crippen LogP contribution in [-0.2, 0) is 14.3 Å². The molecule has 6 heteroatoms. The van der Waals surface area contributed by atoms with E-state index in [1.165, 1.54) is 12.0 Å². The number of carbonyl (C=O) groups excluding carboxylic acids is 2. The first-order valence-corrected chi connectivity index (χ1v) is 5.79. The molecule has 2 unspecified atom stereocenters. The number of rotatable bonds is 1. The van der Waals surface area contributed by atoms with Crippen molar-refractivity contribution in [2.24, 2.45) is 0 Å². The normalized spacial score (nSPS) is 23.4. The molecule has 0 spiro atoms. The summed E-state index contributed by atoms with van der Waals surface area (Å²) in [5.74, 6) is -0.515. The molecule has 0 N–H and O–H groups in total. The number of esters is 1. The number of amides is 1. The number of nitrogens with zero attached hydrogens (tertiary/aromatic N) is 2. The summed E-state index contributed by atoms with van der Waals surface area (Å²) in [6, 6.07) is 0.644. The number of likely N-dealkylation sites (tertiary alicyclic amines) is 1. The van der Waals surface area contributed by atoms with Gasteiger partial charge in [-0.05, 0) is 33.6 Å². The van der Waals surface area contributed by atoms with Crippen LogP contribution in [0.5, 0.6) is 0 Å². The van der Waals surface area contributed by atoms with Gasteiger partial charge in [0.1, 0.15) is 17.7 Å². The Labute approximate surface area is 106 Å². The number of nitriles is 1. The van der Waals surface area contributed by atoms with Crippen molar-refractivity contribution < 1.29 is 19.1 Å². The van der Waals surface area contributed by atoms with Crippen LogP contribution in [0.1, 0.15) is 33.6 Å². The zero-order valence-electron chi connectivity index (χ0n) is 11.1. The van der Waals surface area contributed by atoms with Crippen molar-refractivity contribution in [3.8, 4) is 6.07 Å². The van der Waals surface area contributed by atoms with E-state index in [4.69, 9.17) is 10.00 Å². The molecular formula is C12H18N2O4. The first kappa shape index (κ1) is 14.3. The van der Waals surface area contributed by atoms with Gasteiger partial charge in [0, 0.05) is 0 Å². The van der Waals surface area contributed by atoms with Crippen molar-refractivity contribution in [3.63, 3.8) is 0 Å². The molecule has 0 aromatic carbocycles. The Hall–Kier alpha value is -1.77. The second kappa shape index (κ2) is 5.25. The van der Waals surface area contributed by atoms with Crippen molar-refractivity contribution in [2.75, 3.05) is 7.11 Å². The molecule has 0 aliphatic carbocycles. The molecule has 2 atom stereocenters. The lowest BCUT2D eigenvalue weighted by atomic mass is 10.2. The number of hydrogen-bond acceptors (Lipinski definition) is 5. The maximum Gasteiger partial charge on any atom is 0.412 e. The van der Waals surface area contributed by atoms with Crippen LogP contribution in [0.15, 0.2) is 0 Å². The quantitative estimate of drug-likeness (QED) is 0.662. The monoisotopic (exact) mass is 254 g/mol. The van der Waals surface area contributed by atoms with Gasteiger partial charge in [0.25, 0.3) is 0 Å². The molecule has 1 rings (SSSR count). The molecule has 18 heavy (non-hydrogen) atoms. The fourth-order valence-electron chi connectivity index (χ4n) is 1.87. The largest absolute Gasteiger partial charge is 0.467 e. The summed E-state index contributed by atoms with van der Waals surface area (Å²) in [5, 5.41) is 9.00. The first-order valence-electron chi connectivity index (χ1n) is 5.79. The molecule has 1 amide bonds. The maximum absolute atomic E-state index is 12.0. The Morgan fingerprint density at radius 1 is 1.33 bits per heavy atom. The summed E-state index contributed by atoms with van der Waals surface area (Å²) in [7, 11) is 1.26. The molecule has 1 saturated heterocycles. The molecule has 100 valence electrons. The highest BCUT2D eigenvalue weighted by Gasteiger charge is 2.43. The lowest BCUT2D eigenvalue weighted by molar-refractivity contribution is -0.145. The fraction of sp³-hybridized carbons (Fsp3) is 0.750. The van der Waals surface area contributed by atoms with Crippen molar-refractivity contribution in [2.45, 2.75) is 51.3 Å². The van der Waals surface area contributed by atoms with E-state index in [9.17, 15) is 9.59 Å². The summed E-state index contributed by atoms with van der Waals surface area (Å²) in [4.78, 5) is 24.8. The van der Waals surface area contributed by atoms with Crippen molar-refractivity contribution in [1.82, 2.24) is 4.90 Å². The van der Waals surface area contributed by atoms with Crippen LogP contribution in [0.25, 0.3) is 0 Å². The fourth-order valence-corrected chi connectivity index (χ4v) is 1.87. The Bertz CT molecular complexity index is 381. The molecule has 0 saturated carbocycles. The SMILES string of the molecule is COC(=O)C1CCC(C#N)N1C(=O)OC(C)(C)C. The van der Waals surface area contributed by atoms with Crippen LogP contribution < -0.4 is 0 Å². The summed E-state index contributed by atoms with van der Waals surface area (Å²) in [6.07, 6.45) is 0.224. The third-order valence-electron chi connectivity index (χ3n) is 2.61. The van der Waals surface area contributed by atoms with Gasteiger partial charge in [0.05, 0.1) is 13.2 Å². The highest BCUT2D eigenvalue weighted by Crippen LogP contribution is 2.26.